The van der Waals surface area contributed by atoms with Crippen LogP contribution in [0.25, 0.3) is 0 Å². The Morgan fingerprint density at radius 1 is 1.15 bits per heavy atom. The fraction of sp³-hybridized carbons (Fsp3) is 0.440. The normalized spacial score (nSPS) is 23.2. The largest absolute Gasteiger partial charge is 0.487 e. The molecule has 2 aromatic rings. The molecule has 2 aromatic carbocycles. The lowest BCUT2D eigenvalue weighted by Crippen LogP contribution is -2.47. The summed E-state index contributed by atoms with van der Waals surface area (Å²) in [6.45, 7) is 0.335. The van der Waals surface area contributed by atoms with Crippen molar-refractivity contribution in [2.75, 3.05) is 32.2 Å². The molecule has 2 aliphatic rings. The fourth-order valence-electron chi connectivity index (χ4n) is 4.56. The molecule has 4 atom stereocenters. The van der Waals surface area contributed by atoms with Crippen LogP contribution in [-0.4, -0.2) is 62.1 Å². The predicted molar refractivity (Wildman–Crippen MR) is 122 cm³/mol. The number of benzene rings is 2. The molecule has 33 heavy (non-hydrogen) atoms. The minimum absolute atomic E-state index is 0.0263. The second kappa shape index (κ2) is 10.8. The lowest BCUT2D eigenvalue weighted by Gasteiger charge is -2.37. The van der Waals surface area contributed by atoms with E-state index in [-0.39, 0.29) is 49.6 Å². The highest BCUT2D eigenvalue weighted by atomic mass is 16.6. The molecule has 0 unspecified atom stereocenters. The van der Waals surface area contributed by atoms with Crippen LogP contribution in [0.3, 0.4) is 0 Å². The zero-order chi connectivity index (χ0) is 23.2. The SMILES string of the molecule is COCC(=O)Nc1ccc2c(c1)[C@H]1C[C@@H](CC(=O)NCCc3ccccc3)O[C@H](CO)[C@H]1O2. The monoisotopic (exact) mass is 454 g/mol. The number of hydrogen-bond donors (Lipinski definition) is 3. The summed E-state index contributed by atoms with van der Waals surface area (Å²) in [5.41, 5.74) is 2.77. The molecule has 2 aliphatic heterocycles. The quantitative estimate of drug-likeness (QED) is 0.535. The van der Waals surface area contributed by atoms with E-state index in [9.17, 15) is 14.7 Å². The first kappa shape index (κ1) is 23.2. The van der Waals surface area contributed by atoms with E-state index in [1.54, 1.807) is 6.07 Å². The van der Waals surface area contributed by atoms with E-state index in [4.69, 9.17) is 14.2 Å². The van der Waals surface area contributed by atoms with Crippen LogP contribution in [0.4, 0.5) is 5.69 Å². The van der Waals surface area contributed by atoms with Gasteiger partial charge >= 0.3 is 0 Å². The summed E-state index contributed by atoms with van der Waals surface area (Å²) in [5, 5.41) is 15.7. The minimum Gasteiger partial charge on any atom is -0.487 e. The van der Waals surface area contributed by atoms with Crippen LogP contribution in [0.2, 0.25) is 0 Å². The number of amides is 2. The Bertz CT molecular complexity index is 967. The van der Waals surface area contributed by atoms with E-state index in [0.717, 1.165) is 12.0 Å². The van der Waals surface area contributed by atoms with Gasteiger partial charge in [-0.15, -0.1) is 0 Å². The zero-order valence-electron chi connectivity index (χ0n) is 18.7. The molecule has 0 bridgehead atoms. The number of ether oxygens (including phenoxy) is 3. The van der Waals surface area contributed by atoms with Gasteiger partial charge in [0.25, 0.3) is 0 Å². The van der Waals surface area contributed by atoms with Crippen molar-refractivity contribution in [3.63, 3.8) is 0 Å². The number of methoxy groups -OCH3 is 1. The van der Waals surface area contributed by atoms with Crippen molar-refractivity contribution in [1.82, 2.24) is 5.32 Å². The van der Waals surface area contributed by atoms with Gasteiger partial charge in [0.2, 0.25) is 11.8 Å². The Morgan fingerprint density at radius 3 is 2.73 bits per heavy atom. The smallest absolute Gasteiger partial charge is 0.250 e. The van der Waals surface area contributed by atoms with E-state index in [1.807, 2.05) is 42.5 Å². The van der Waals surface area contributed by atoms with E-state index < -0.39 is 6.10 Å². The van der Waals surface area contributed by atoms with Crippen LogP contribution in [0.5, 0.6) is 5.75 Å². The number of aliphatic hydroxyl groups is 1. The highest BCUT2D eigenvalue weighted by molar-refractivity contribution is 5.92. The molecule has 1 fully saturated rings. The zero-order valence-corrected chi connectivity index (χ0v) is 18.7. The van der Waals surface area contributed by atoms with Crippen LogP contribution < -0.4 is 15.4 Å². The molecule has 4 rings (SSSR count). The Kier molecular flexibility index (Phi) is 7.59. The molecule has 2 heterocycles. The molecule has 3 N–H and O–H groups in total. The van der Waals surface area contributed by atoms with E-state index in [2.05, 4.69) is 10.6 Å². The molecular weight excluding hydrogens is 424 g/mol. The van der Waals surface area contributed by atoms with Gasteiger partial charge in [-0.1, -0.05) is 30.3 Å². The Morgan fingerprint density at radius 2 is 1.97 bits per heavy atom. The van der Waals surface area contributed by atoms with Crippen molar-refractivity contribution in [2.24, 2.45) is 0 Å². The summed E-state index contributed by atoms with van der Waals surface area (Å²) in [6, 6.07) is 15.5. The highest BCUT2D eigenvalue weighted by Gasteiger charge is 2.46. The van der Waals surface area contributed by atoms with Gasteiger partial charge in [-0.25, -0.2) is 0 Å². The lowest BCUT2D eigenvalue weighted by atomic mass is 9.84. The Balaban J connectivity index is 1.38. The number of hydrogen-bond acceptors (Lipinski definition) is 6. The molecule has 1 saturated heterocycles. The third kappa shape index (κ3) is 5.71. The number of anilines is 1. The topological polar surface area (TPSA) is 106 Å². The van der Waals surface area contributed by atoms with Gasteiger partial charge in [0.1, 0.15) is 24.6 Å². The van der Waals surface area contributed by atoms with Gasteiger partial charge < -0.3 is 30.0 Å². The third-order valence-corrected chi connectivity index (χ3v) is 6.05. The van der Waals surface area contributed by atoms with Gasteiger partial charge in [-0.3, -0.25) is 9.59 Å². The van der Waals surface area contributed by atoms with Crippen molar-refractivity contribution < 1.29 is 28.9 Å². The van der Waals surface area contributed by atoms with Crippen LogP contribution in [-0.2, 0) is 25.5 Å². The maximum absolute atomic E-state index is 12.5. The second-order valence-corrected chi connectivity index (χ2v) is 8.43. The number of carbonyl (C=O) groups is 2. The molecule has 2 amide bonds. The minimum atomic E-state index is -0.523. The molecule has 0 aliphatic carbocycles. The first-order chi connectivity index (χ1) is 16.1. The first-order valence-electron chi connectivity index (χ1n) is 11.2. The first-order valence-corrected chi connectivity index (χ1v) is 11.2. The van der Waals surface area contributed by atoms with Gasteiger partial charge in [-0.2, -0.15) is 0 Å². The standard InChI is InChI=1S/C25H30N2O6/c1-31-15-24(30)27-17-7-8-21-19(11-17)20-12-18(32-22(14-28)25(20)33-21)13-23(29)26-10-9-16-5-3-2-4-6-16/h2-8,11,18,20,22,25,28H,9-10,12-15H2,1H3,(H,26,29)(H,27,30)/t18-,20+,22+,25-/m0/s1. The average Bonchev–Trinajstić information content (AvgIpc) is 3.17. The van der Waals surface area contributed by atoms with E-state index in [0.29, 0.717) is 24.4 Å². The summed E-state index contributed by atoms with van der Waals surface area (Å²) in [4.78, 5) is 24.4. The molecule has 0 spiro atoms. The van der Waals surface area contributed by atoms with Crippen LogP contribution >= 0.6 is 0 Å². The summed E-state index contributed by atoms with van der Waals surface area (Å²) >= 11 is 0. The number of nitrogens with one attached hydrogen (secondary N) is 2. The van der Waals surface area contributed by atoms with Gasteiger partial charge in [0.15, 0.2) is 0 Å². The van der Waals surface area contributed by atoms with Gasteiger partial charge in [0, 0.05) is 30.8 Å². The molecular formula is C25H30N2O6. The van der Waals surface area contributed by atoms with Crippen molar-refractivity contribution in [2.45, 2.75) is 43.5 Å². The molecule has 0 aromatic heterocycles. The summed E-state index contributed by atoms with van der Waals surface area (Å²) in [5.74, 6) is 0.362. The number of carbonyl (C=O) groups excluding carboxylic acids is 2. The summed E-state index contributed by atoms with van der Waals surface area (Å²) in [7, 11) is 1.47. The Hall–Kier alpha value is -2.94. The maximum Gasteiger partial charge on any atom is 0.250 e. The maximum atomic E-state index is 12.5. The Labute approximate surface area is 193 Å². The molecule has 176 valence electrons. The number of aliphatic hydroxyl groups excluding tert-OH is 1. The third-order valence-electron chi connectivity index (χ3n) is 6.05. The van der Waals surface area contributed by atoms with Crippen molar-refractivity contribution in [3.05, 3.63) is 59.7 Å². The van der Waals surface area contributed by atoms with Crippen molar-refractivity contribution in [3.8, 4) is 5.75 Å². The second-order valence-electron chi connectivity index (χ2n) is 8.43. The van der Waals surface area contributed by atoms with E-state index >= 15 is 0 Å². The van der Waals surface area contributed by atoms with Crippen LogP contribution in [0.15, 0.2) is 48.5 Å². The molecule has 0 saturated carbocycles. The van der Waals surface area contributed by atoms with Crippen molar-refractivity contribution in [1.29, 1.82) is 0 Å². The number of rotatable bonds is 9. The van der Waals surface area contributed by atoms with Gasteiger partial charge in [0.05, 0.1) is 19.1 Å². The predicted octanol–water partition coefficient (Wildman–Crippen LogP) is 2.01. The van der Waals surface area contributed by atoms with E-state index in [1.165, 1.54) is 12.7 Å². The lowest BCUT2D eigenvalue weighted by molar-refractivity contribution is -0.142. The number of fused-ring (bicyclic) bond motifs is 3. The fourth-order valence-corrected chi connectivity index (χ4v) is 4.56. The van der Waals surface area contributed by atoms with Crippen molar-refractivity contribution >= 4 is 17.5 Å². The van der Waals surface area contributed by atoms with Crippen LogP contribution in [0.1, 0.15) is 29.9 Å². The molecule has 8 nitrogen and oxygen atoms in total. The summed E-state index contributed by atoms with van der Waals surface area (Å²) in [6.07, 6.45) is 0.392. The highest BCUT2D eigenvalue weighted by Crippen LogP contribution is 2.47. The molecule has 8 heteroatoms. The van der Waals surface area contributed by atoms with Gasteiger partial charge in [-0.05, 0) is 36.6 Å². The average molecular weight is 455 g/mol. The van der Waals surface area contributed by atoms with Crippen LogP contribution in [0, 0.1) is 0 Å². The molecule has 0 radical (unpaired) electrons. The summed E-state index contributed by atoms with van der Waals surface area (Å²) < 4.78 is 17.0.